The van der Waals surface area contributed by atoms with Gasteiger partial charge in [-0.1, -0.05) is 0 Å². The van der Waals surface area contributed by atoms with Crippen molar-refractivity contribution in [2.24, 2.45) is 11.7 Å². The van der Waals surface area contributed by atoms with Crippen molar-refractivity contribution in [3.05, 3.63) is 22.2 Å². The van der Waals surface area contributed by atoms with Crippen LogP contribution in [0.5, 0.6) is 11.5 Å². The second kappa shape index (κ2) is 5.77. The molecule has 1 aliphatic rings. The average Bonchev–Trinajstić information content (AvgIpc) is 3.31. The predicted molar refractivity (Wildman–Crippen MR) is 80.0 cm³/mol. The number of anilines is 1. The van der Waals surface area contributed by atoms with E-state index in [-0.39, 0.29) is 11.2 Å². The first-order chi connectivity index (χ1) is 9.95. The highest BCUT2D eigenvalue weighted by Gasteiger charge is 2.41. The monoisotopic (exact) mass is 295 g/mol. The Morgan fingerprint density at radius 1 is 1.38 bits per heavy atom. The van der Waals surface area contributed by atoms with Crippen molar-refractivity contribution in [3.8, 4) is 11.5 Å². The van der Waals surface area contributed by atoms with Crippen LogP contribution < -0.4 is 20.5 Å². The first-order valence-corrected chi connectivity index (χ1v) is 6.84. The fourth-order valence-corrected chi connectivity index (χ4v) is 2.47. The number of nitrogens with one attached hydrogen (secondary N) is 1. The van der Waals surface area contributed by atoms with E-state index < -0.39 is 4.92 Å². The third-order valence-corrected chi connectivity index (χ3v) is 4.02. The summed E-state index contributed by atoms with van der Waals surface area (Å²) >= 11 is 0. The van der Waals surface area contributed by atoms with E-state index in [9.17, 15) is 10.1 Å². The summed E-state index contributed by atoms with van der Waals surface area (Å²) in [5, 5.41) is 14.5. The molecule has 1 atom stereocenters. The summed E-state index contributed by atoms with van der Waals surface area (Å²) in [6, 6.07) is 2.96. The Balaban J connectivity index is 2.43. The topological polar surface area (TPSA) is 99.7 Å². The van der Waals surface area contributed by atoms with Crippen LogP contribution in [0.4, 0.5) is 11.4 Å². The molecule has 0 heterocycles. The van der Waals surface area contributed by atoms with Crippen molar-refractivity contribution in [3.63, 3.8) is 0 Å². The van der Waals surface area contributed by atoms with E-state index in [1.165, 1.54) is 20.3 Å². The van der Waals surface area contributed by atoms with Gasteiger partial charge in [0.2, 0.25) is 0 Å². The molecule has 3 N–H and O–H groups in total. The molecule has 0 amide bonds. The van der Waals surface area contributed by atoms with Crippen LogP contribution in [-0.2, 0) is 0 Å². The van der Waals surface area contributed by atoms with Crippen molar-refractivity contribution in [1.82, 2.24) is 0 Å². The van der Waals surface area contributed by atoms with E-state index in [0.29, 0.717) is 29.6 Å². The summed E-state index contributed by atoms with van der Waals surface area (Å²) in [5.41, 5.74) is 5.86. The number of hydrogen-bond donors (Lipinski definition) is 2. The third-order valence-electron chi connectivity index (χ3n) is 4.02. The molecule has 7 nitrogen and oxygen atoms in total. The lowest BCUT2D eigenvalue weighted by Crippen LogP contribution is -2.44. The number of hydrogen-bond acceptors (Lipinski definition) is 6. The van der Waals surface area contributed by atoms with Gasteiger partial charge in [-0.3, -0.25) is 10.1 Å². The first kappa shape index (κ1) is 15.4. The zero-order chi connectivity index (χ0) is 15.6. The zero-order valence-electron chi connectivity index (χ0n) is 12.5. The standard InChI is InChI=1S/C14H21N3O4/c1-14(8-15,9-4-5-9)16-10-6-12(20-2)13(21-3)7-11(10)17(18)19/h6-7,9,16H,4-5,8,15H2,1-3H3. The molecule has 1 aliphatic carbocycles. The molecule has 1 saturated carbocycles. The van der Waals surface area contributed by atoms with Gasteiger partial charge in [0.15, 0.2) is 11.5 Å². The molecule has 0 saturated heterocycles. The highest BCUT2D eigenvalue weighted by molar-refractivity contribution is 5.69. The van der Waals surface area contributed by atoms with Crippen molar-refractivity contribution < 1.29 is 14.4 Å². The molecule has 0 radical (unpaired) electrons. The highest BCUT2D eigenvalue weighted by atomic mass is 16.6. The number of nitro groups is 1. The lowest BCUT2D eigenvalue weighted by atomic mass is 9.95. The molecule has 7 heteroatoms. The molecular formula is C14H21N3O4. The van der Waals surface area contributed by atoms with Crippen molar-refractivity contribution in [2.75, 3.05) is 26.1 Å². The molecule has 1 fully saturated rings. The van der Waals surface area contributed by atoms with E-state index in [1.54, 1.807) is 6.07 Å². The minimum Gasteiger partial charge on any atom is -0.493 e. The van der Waals surface area contributed by atoms with Crippen LogP contribution in [0, 0.1) is 16.0 Å². The van der Waals surface area contributed by atoms with Crippen molar-refractivity contribution >= 4 is 11.4 Å². The molecule has 0 spiro atoms. The number of nitro benzene ring substituents is 1. The lowest BCUT2D eigenvalue weighted by molar-refractivity contribution is -0.384. The molecule has 1 unspecified atom stereocenters. The van der Waals surface area contributed by atoms with Gasteiger partial charge in [-0.25, -0.2) is 0 Å². The van der Waals surface area contributed by atoms with E-state index in [2.05, 4.69) is 5.32 Å². The second-order valence-corrected chi connectivity index (χ2v) is 5.50. The van der Waals surface area contributed by atoms with E-state index >= 15 is 0 Å². The molecule has 116 valence electrons. The van der Waals surface area contributed by atoms with Crippen LogP contribution in [0.25, 0.3) is 0 Å². The first-order valence-electron chi connectivity index (χ1n) is 6.84. The molecule has 2 rings (SSSR count). The maximum absolute atomic E-state index is 11.3. The van der Waals surface area contributed by atoms with Gasteiger partial charge in [-0.15, -0.1) is 0 Å². The molecule has 0 bridgehead atoms. The van der Waals surface area contributed by atoms with Gasteiger partial charge in [0.25, 0.3) is 5.69 Å². The number of ether oxygens (including phenoxy) is 2. The van der Waals surface area contributed by atoms with Crippen molar-refractivity contribution in [2.45, 2.75) is 25.3 Å². The second-order valence-electron chi connectivity index (χ2n) is 5.50. The number of methoxy groups -OCH3 is 2. The molecule has 21 heavy (non-hydrogen) atoms. The normalized spacial score (nSPS) is 17.0. The van der Waals surface area contributed by atoms with Crippen LogP contribution in [0.1, 0.15) is 19.8 Å². The van der Waals surface area contributed by atoms with Gasteiger partial charge in [0.1, 0.15) is 5.69 Å². The minimum absolute atomic E-state index is 0.0482. The summed E-state index contributed by atoms with van der Waals surface area (Å²) in [6.07, 6.45) is 2.17. The summed E-state index contributed by atoms with van der Waals surface area (Å²) in [6.45, 7) is 2.40. The Kier molecular flexibility index (Phi) is 4.22. The predicted octanol–water partition coefficient (Wildman–Crippen LogP) is 2.15. The summed E-state index contributed by atoms with van der Waals surface area (Å²) in [5.74, 6) is 1.21. The molecule has 1 aromatic rings. The number of nitrogens with zero attached hydrogens (tertiary/aromatic N) is 1. The van der Waals surface area contributed by atoms with Gasteiger partial charge < -0.3 is 20.5 Å². The number of benzene rings is 1. The van der Waals surface area contributed by atoms with Crippen LogP contribution >= 0.6 is 0 Å². The molecule has 0 aromatic heterocycles. The van der Waals surface area contributed by atoms with Crippen LogP contribution in [-0.4, -0.2) is 31.2 Å². The zero-order valence-corrected chi connectivity index (χ0v) is 12.5. The van der Waals surface area contributed by atoms with E-state index in [1.807, 2.05) is 6.92 Å². The quantitative estimate of drug-likeness (QED) is 0.590. The molecule has 1 aromatic carbocycles. The van der Waals surface area contributed by atoms with Crippen LogP contribution in [0.15, 0.2) is 12.1 Å². The number of rotatable bonds is 7. The van der Waals surface area contributed by atoms with Gasteiger partial charge >= 0.3 is 0 Å². The SMILES string of the molecule is COc1cc(NC(C)(CN)C2CC2)c([N+](=O)[O-])cc1OC. The average molecular weight is 295 g/mol. The van der Waals surface area contributed by atoms with E-state index in [0.717, 1.165) is 12.8 Å². The van der Waals surface area contributed by atoms with Crippen molar-refractivity contribution in [1.29, 1.82) is 0 Å². The molecule has 0 aliphatic heterocycles. The number of nitrogens with two attached hydrogens (primary N) is 1. The van der Waals surface area contributed by atoms with Gasteiger partial charge in [0.05, 0.1) is 25.2 Å². The minimum atomic E-state index is -0.436. The van der Waals surface area contributed by atoms with E-state index in [4.69, 9.17) is 15.2 Å². The fraction of sp³-hybridized carbons (Fsp3) is 0.571. The fourth-order valence-electron chi connectivity index (χ4n) is 2.47. The Labute approximate surface area is 123 Å². The van der Waals surface area contributed by atoms with Gasteiger partial charge in [0, 0.05) is 18.2 Å². The Hall–Kier alpha value is -2.02. The van der Waals surface area contributed by atoms with Gasteiger partial charge in [-0.2, -0.15) is 0 Å². The smallest absolute Gasteiger partial charge is 0.296 e. The third kappa shape index (κ3) is 3.02. The Bertz CT molecular complexity index is 545. The summed E-state index contributed by atoms with van der Waals surface area (Å²) in [7, 11) is 2.94. The Morgan fingerprint density at radius 2 is 1.95 bits per heavy atom. The Morgan fingerprint density at radius 3 is 2.38 bits per heavy atom. The van der Waals surface area contributed by atoms with Crippen LogP contribution in [0.2, 0.25) is 0 Å². The highest BCUT2D eigenvalue weighted by Crippen LogP contribution is 2.44. The maximum Gasteiger partial charge on any atom is 0.296 e. The largest absolute Gasteiger partial charge is 0.493 e. The molecular weight excluding hydrogens is 274 g/mol. The van der Waals surface area contributed by atoms with Crippen LogP contribution in [0.3, 0.4) is 0 Å². The summed E-state index contributed by atoms with van der Waals surface area (Å²) in [4.78, 5) is 10.9. The van der Waals surface area contributed by atoms with Gasteiger partial charge in [-0.05, 0) is 25.7 Å². The maximum atomic E-state index is 11.3. The lowest BCUT2D eigenvalue weighted by Gasteiger charge is -2.30. The summed E-state index contributed by atoms with van der Waals surface area (Å²) < 4.78 is 10.3.